The first-order valence-electron chi connectivity index (χ1n) is 7.62. The second kappa shape index (κ2) is 9.97. The van der Waals surface area contributed by atoms with E-state index in [1.54, 1.807) is 6.07 Å². The predicted molar refractivity (Wildman–Crippen MR) is 82.6 cm³/mol. The third-order valence-electron chi connectivity index (χ3n) is 3.25. The first-order valence-corrected chi connectivity index (χ1v) is 7.62. The Bertz CT molecular complexity index is 749. The van der Waals surface area contributed by atoms with Crippen LogP contribution in [0.3, 0.4) is 0 Å². The number of alkyl halides is 3. The normalized spacial score (nSPS) is 12.3. The molecule has 6 nitrogen and oxygen atoms in total. The Labute approximate surface area is 150 Å². The van der Waals surface area contributed by atoms with Gasteiger partial charge in [0.1, 0.15) is 17.4 Å². The summed E-state index contributed by atoms with van der Waals surface area (Å²) in [6.45, 7) is 1.97. The number of aliphatic hydroxyl groups excluding tert-OH is 1. The zero-order chi connectivity index (χ0) is 20.6. The molecule has 2 aromatic rings. The number of halogens is 5. The largest absolute Gasteiger partial charge is 0.490 e. The summed E-state index contributed by atoms with van der Waals surface area (Å²) in [7, 11) is 0. The van der Waals surface area contributed by atoms with E-state index in [0.717, 1.165) is 24.3 Å². The minimum Gasteiger partial charge on any atom is -0.475 e. The van der Waals surface area contributed by atoms with Gasteiger partial charge in [-0.15, -0.1) is 0 Å². The number of aliphatic carboxylic acids is 1. The maximum atomic E-state index is 13.6. The molecule has 0 saturated carbocycles. The lowest BCUT2D eigenvalue weighted by molar-refractivity contribution is -0.192. The molecule has 0 saturated heterocycles. The SMILES string of the molecule is CCc1cc(CNC(CO)c2ccc(F)cc2F)no1.O=C(O)C(F)(F)F. The van der Waals surface area contributed by atoms with Crippen molar-refractivity contribution in [2.45, 2.75) is 32.1 Å². The van der Waals surface area contributed by atoms with Gasteiger partial charge in [0.25, 0.3) is 0 Å². The molecule has 0 radical (unpaired) electrons. The van der Waals surface area contributed by atoms with Crippen molar-refractivity contribution < 1.29 is 41.5 Å². The summed E-state index contributed by atoms with van der Waals surface area (Å²) in [5.41, 5.74) is 0.885. The molecule has 0 amide bonds. The van der Waals surface area contributed by atoms with E-state index in [4.69, 9.17) is 14.4 Å². The van der Waals surface area contributed by atoms with E-state index in [9.17, 15) is 27.1 Å². The maximum Gasteiger partial charge on any atom is 0.490 e. The number of carboxylic acid groups (broad SMARTS) is 1. The van der Waals surface area contributed by atoms with Crippen LogP contribution >= 0.6 is 0 Å². The van der Waals surface area contributed by atoms with Gasteiger partial charge < -0.3 is 20.1 Å². The van der Waals surface area contributed by atoms with Gasteiger partial charge in [-0.25, -0.2) is 13.6 Å². The molecule has 0 aliphatic carbocycles. The van der Waals surface area contributed by atoms with Crippen LogP contribution in [0.4, 0.5) is 22.0 Å². The summed E-state index contributed by atoms with van der Waals surface area (Å²) in [6, 6.07) is 4.44. The summed E-state index contributed by atoms with van der Waals surface area (Å²) in [5.74, 6) is -3.33. The minimum atomic E-state index is -5.08. The molecule has 0 aliphatic rings. The smallest absolute Gasteiger partial charge is 0.475 e. The summed E-state index contributed by atoms with van der Waals surface area (Å²) >= 11 is 0. The van der Waals surface area contributed by atoms with Crippen molar-refractivity contribution in [3.05, 3.63) is 52.9 Å². The predicted octanol–water partition coefficient (Wildman–Crippen LogP) is 2.97. The van der Waals surface area contributed by atoms with Gasteiger partial charge >= 0.3 is 12.1 Å². The molecule has 1 atom stereocenters. The molecule has 0 spiro atoms. The van der Waals surface area contributed by atoms with Crippen LogP contribution in [-0.2, 0) is 17.8 Å². The van der Waals surface area contributed by atoms with Gasteiger partial charge in [-0.2, -0.15) is 13.2 Å². The molecule has 150 valence electrons. The van der Waals surface area contributed by atoms with Crippen LogP contribution in [0.25, 0.3) is 0 Å². The molecule has 1 unspecified atom stereocenters. The van der Waals surface area contributed by atoms with Gasteiger partial charge in [0.2, 0.25) is 0 Å². The third-order valence-corrected chi connectivity index (χ3v) is 3.25. The quantitative estimate of drug-likeness (QED) is 0.650. The van der Waals surface area contributed by atoms with E-state index in [1.165, 1.54) is 6.07 Å². The first kappa shape index (κ1) is 22.5. The number of hydrogen-bond acceptors (Lipinski definition) is 5. The van der Waals surface area contributed by atoms with Crippen LogP contribution < -0.4 is 5.32 Å². The number of carbonyl (C=O) groups is 1. The molecular formula is C16H17F5N2O4. The summed E-state index contributed by atoms with van der Waals surface area (Å²) in [6.07, 6.45) is -4.34. The lowest BCUT2D eigenvalue weighted by Gasteiger charge is -2.16. The number of aliphatic hydroxyl groups is 1. The van der Waals surface area contributed by atoms with E-state index >= 15 is 0 Å². The van der Waals surface area contributed by atoms with Gasteiger partial charge in [0.15, 0.2) is 0 Å². The third kappa shape index (κ3) is 7.31. The Morgan fingerprint density at radius 2 is 1.93 bits per heavy atom. The zero-order valence-corrected chi connectivity index (χ0v) is 14.1. The molecule has 0 bridgehead atoms. The number of aromatic nitrogens is 1. The number of rotatable bonds is 6. The number of aryl methyl sites for hydroxylation is 1. The van der Waals surface area contributed by atoms with Crippen molar-refractivity contribution in [1.82, 2.24) is 10.5 Å². The van der Waals surface area contributed by atoms with Gasteiger partial charge in [0.05, 0.1) is 18.3 Å². The average Bonchev–Trinajstić information content (AvgIpc) is 3.04. The Balaban J connectivity index is 0.000000445. The zero-order valence-electron chi connectivity index (χ0n) is 14.1. The van der Waals surface area contributed by atoms with Gasteiger partial charge in [-0.3, -0.25) is 0 Å². The van der Waals surface area contributed by atoms with Crippen molar-refractivity contribution >= 4 is 5.97 Å². The summed E-state index contributed by atoms with van der Waals surface area (Å²) in [5, 5.41) is 23.3. The first-order chi connectivity index (χ1) is 12.6. The number of benzene rings is 1. The lowest BCUT2D eigenvalue weighted by Crippen LogP contribution is -2.25. The molecule has 0 fully saturated rings. The number of carboxylic acids is 1. The van der Waals surface area contributed by atoms with E-state index in [2.05, 4.69) is 10.5 Å². The van der Waals surface area contributed by atoms with Crippen LogP contribution in [-0.4, -0.2) is 34.1 Å². The highest BCUT2D eigenvalue weighted by Crippen LogP contribution is 2.18. The van der Waals surface area contributed by atoms with Crippen molar-refractivity contribution in [3.63, 3.8) is 0 Å². The van der Waals surface area contributed by atoms with E-state index in [1.807, 2.05) is 6.92 Å². The minimum absolute atomic E-state index is 0.216. The topological polar surface area (TPSA) is 95.6 Å². The molecule has 1 aromatic carbocycles. The maximum absolute atomic E-state index is 13.6. The van der Waals surface area contributed by atoms with E-state index < -0.39 is 29.8 Å². The average molecular weight is 396 g/mol. The summed E-state index contributed by atoms with van der Waals surface area (Å²) < 4.78 is 63.3. The molecule has 0 aliphatic heterocycles. The van der Waals surface area contributed by atoms with Crippen molar-refractivity contribution in [2.75, 3.05) is 6.61 Å². The summed E-state index contributed by atoms with van der Waals surface area (Å²) in [4.78, 5) is 8.90. The molecule has 1 heterocycles. The van der Waals surface area contributed by atoms with Gasteiger partial charge in [0, 0.05) is 30.7 Å². The second-order valence-electron chi connectivity index (χ2n) is 5.22. The second-order valence-corrected chi connectivity index (χ2v) is 5.22. The molecule has 11 heteroatoms. The standard InChI is InChI=1S/C14H16F2N2O2.C2HF3O2/c1-2-11-6-10(18-20-11)7-17-14(8-19)12-4-3-9(15)5-13(12)16;3-2(4,5)1(6)7/h3-6,14,17,19H,2,7-8H2,1H3;(H,6,7). The van der Waals surface area contributed by atoms with Crippen molar-refractivity contribution in [2.24, 2.45) is 0 Å². The van der Waals surface area contributed by atoms with Gasteiger partial charge in [-0.1, -0.05) is 18.1 Å². The van der Waals surface area contributed by atoms with E-state index in [0.29, 0.717) is 12.2 Å². The van der Waals surface area contributed by atoms with Crippen molar-refractivity contribution in [1.29, 1.82) is 0 Å². The molecule has 27 heavy (non-hydrogen) atoms. The van der Waals surface area contributed by atoms with Gasteiger partial charge in [-0.05, 0) is 6.07 Å². The monoisotopic (exact) mass is 396 g/mol. The van der Waals surface area contributed by atoms with Crippen LogP contribution in [0.1, 0.15) is 30.0 Å². The highest BCUT2D eigenvalue weighted by molar-refractivity contribution is 5.73. The Kier molecular flexibility index (Phi) is 8.32. The highest BCUT2D eigenvalue weighted by Gasteiger charge is 2.38. The van der Waals surface area contributed by atoms with Crippen LogP contribution in [0.5, 0.6) is 0 Å². The van der Waals surface area contributed by atoms with Crippen LogP contribution in [0.15, 0.2) is 28.8 Å². The van der Waals surface area contributed by atoms with Crippen LogP contribution in [0, 0.1) is 11.6 Å². The fourth-order valence-electron chi connectivity index (χ4n) is 1.89. The molecule has 2 rings (SSSR count). The van der Waals surface area contributed by atoms with Crippen molar-refractivity contribution in [3.8, 4) is 0 Å². The Hall–Kier alpha value is -2.53. The lowest BCUT2D eigenvalue weighted by atomic mass is 10.1. The molecule has 1 aromatic heterocycles. The Morgan fingerprint density at radius 3 is 2.37 bits per heavy atom. The van der Waals surface area contributed by atoms with Crippen LogP contribution in [0.2, 0.25) is 0 Å². The Morgan fingerprint density at radius 1 is 1.30 bits per heavy atom. The fraction of sp³-hybridized carbons (Fsp3) is 0.375. The molecule has 3 N–H and O–H groups in total. The number of nitrogens with one attached hydrogen (secondary N) is 1. The number of hydrogen-bond donors (Lipinski definition) is 3. The molecular weight excluding hydrogens is 379 g/mol. The number of nitrogens with zero attached hydrogens (tertiary/aromatic N) is 1. The fourth-order valence-corrected chi connectivity index (χ4v) is 1.89. The highest BCUT2D eigenvalue weighted by atomic mass is 19.4. The van der Waals surface area contributed by atoms with E-state index in [-0.39, 0.29) is 12.2 Å².